The van der Waals surface area contributed by atoms with Crippen molar-refractivity contribution in [3.8, 4) is 5.75 Å². The molecule has 0 aliphatic heterocycles. The van der Waals surface area contributed by atoms with Crippen LogP contribution in [0.25, 0.3) is 0 Å². The average molecular weight is 365 g/mol. The summed E-state index contributed by atoms with van der Waals surface area (Å²) in [6, 6.07) is 12.0. The summed E-state index contributed by atoms with van der Waals surface area (Å²) in [7, 11) is 1.60. The fraction of sp³-hybridized carbons (Fsp3) is 0.316. The summed E-state index contributed by atoms with van der Waals surface area (Å²) in [6.45, 7) is 1.39. The van der Waals surface area contributed by atoms with Gasteiger partial charge >= 0.3 is 0 Å². The molecule has 1 amide bonds. The number of hydrogen-bond donors (Lipinski definition) is 2. The maximum Gasteiger partial charge on any atom is 0.249 e. The molecule has 134 valence electrons. The molecule has 6 heteroatoms. The van der Waals surface area contributed by atoms with Gasteiger partial charge in [-0.05, 0) is 54.6 Å². The molecule has 0 saturated heterocycles. The number of carbonyl (C=O) groups is 1. The smallest absolute Gasteiger partial charge is 0.249 e. The molecule has 0 heterocycles. The zero-order chi connectivity index (χ0) is 17.1. The van der Waals surface area contributed by atoms with Crippen molar-refractivity contribution in [3.05, 3.63) is 65.0 Å². The first-order valence-electron chi connectivity index (χ1n) is 8.02. The van der Waals surface area contributed by atoms with Crippen LogP contribution in [-0.2, 0) is 6.54 Å². The third-order valence-electron chi connectivity index (χ3n) is 4.52. The van der Waals surface area contributed by atoms with Crippen LogP contribution in [-0.4, -0.2) is 19.6 Å². The van der Waals surface area contributed by atoms with E-state index in [-0.39, 0.29) is 18.2 Å². The van der Waals surface area contributed by atoms with Crippen molar-refractivity contribution in [2.24, 2.45) is 11.7 Å². The second-order valence-electron chi connectivity index (χ2n) is 6.14. The van der Waals surface area contributed by atoms with E-state index in [4.69, 9.17) is 10.5 Å². The Bertz CT molecular complexity index is 754. The van der Waals surface area contributed by atoms with Gasteiger partial charge in [-0.3, -0.25) is 4.79 Å². The molecule has 2 atom stereocenters. The first-order chi connectivity index (χ1) is 11.6. The van der Waals surface area contributed by atoms with E-state index < -0.39 is 5.91 Å². The monoisotopic (exact) mass is 364 g/mol. The van der Waals surface area contributed by atoms with E-state index >= 15 is 0 Å². The van der Waals surface area contributed by atoms with Crippen molar-refractivity contribution < 1.29 is 13.9 Å². The Morgan fingerprint density at radius 3 is 2.80 bits per heavy atom. The highest BCUT2D eigenvalue weighted by atomic mass is 35.5. The number of rotatable bonds is 7. The standard InChI is InChI=1S/C19H21FN2O2.ClH/c1-24-18-7-6-14(20)9-17(18)16-8-13(16)11-22-10-12-4-2-3-5-15(12)19(21)23;/h2-7,9,13,16,22H,8,10-11H2,1H3,(H2,21,23);1H. The zero-order valence-electron chi connectivity index (χ0n) is 14.0. The summed E-state index contributed by atoms with van der Waals surface area (Å²) < 4.78 is 18.8. The van der Waals surface area contributed by atoms with E-state index in [0.717, 1.165) is 29.8 Å². The molecular formula is C19H22ClFN2O2. The van der Waals surface area contributed by atoms with Gasteiger partial charge in [0.1, 0.15) is 11.6 Å². The van der Waals surface area contributed by atoms with Crippen LogP contribution in [0.5, 0.6) is 5.75 Å². The van der Waals surface area contributed by atoms with Crippen molar-refractivity contribution in [1.82, 2.24) is 5.32 Å². The van der Waals surface area contributed by atoms with Crippen LogP contribution in [0, 0.1) is 11.7 Å². The van der Waals surface area contributed by atoms with Gasteiger partial charge < -0.3 is 15.8 Å². The first-order valence-corrected chi connectivity index (χ1v) is 8.02. The van der Waals surface area contributed by atoms with E-state index in [1.165, 1.54) is 6.07 Å². The van der Waals surface area contributed by atoms with E-state index in [1.807, 2.05) is 12.1 Å². The quantitative estimate of drug-likeness (QED) is 0.792. The Morgan fingerprint density at radius 2 is 2.08 bits per heavy atom. The Balaban J connectivity index is 0.00000225. The number of nitrogens with one attached hydrogen (secondary N) is 1. The van der Waals surface area contributed by atoms with E-state index in [1.54, 1.807) is 31.4 Å². The van der Waals surface area contributed by atoms with Crippen LogP contribution < -0.4 is 15.8 Å². The second-order valence-corrected chi connectivity index (χ2v) is 6.14. The molecule has 1 aliphatic carbocycles. The molecule has 3 N–H and O–H groups in total. The van der Waals surface area contributed by atoms with Crippen molar-refractivity contribution >= 4 is 18.3 Å². The van der Waals surface area contributed by atoms with Crippen molar-refractivity contribution in [3.63, 3.8) is 0 Å². The van der Waals surface area contributed by atoms with Gasteiger partial charge in [-0.1, -0.05) is 18.2 Å². The van der Waals surface area contributed by atoms with Gasteiger partial charge in [0.2, 0.25) is 5.91 Å². The topological polar surface area (TPSA) is 64.3 Å². The minimum absolute atomic E-state index is 0. The van der Waals surface area contributed by atoms with Crippen molar-refractivity contribution in [2.75, 3.05) is 13.7 Å². The molecule has 1 saturated carbocycles. The molecule has 1 aliphatic rings. The maximum atomic E-state index is 13.5. The average Bonchev–Trinajstić information content (AvgIpc) is 3.34. The minimum atomic E-state index is -0.416. The van der Waals surface area contributed by atoms with Gasteiger partial charge in [0, 0.05) is 17.7 Å². The van der Waals surface area contributed by atoms with Crippen LogP contribution in [0.3, 0.4) is 0 Å². The lowest BCUT2D eigenvalue weighted by atomic mass is 10.1. The molecule has 4 nitrogen and oxygen atoms in total. The second kappa shape index (κ2) is 8.32. The number of halogens is 2. The molecule has 3 rings (SSSR count). The van der Waals surface area contributed by atoms with Gasteiger partial charge in [0.15, 0.2) is 0 Å². The number of primary amides is 1. The van der Waals surface area contributed by atoms with E-state index in [9.17, 15) is 9.18 Å². The zero-order valence-corrected chi connectivity index (χ0v) is 14.8. The van der Waals surface area contributed by atoms with Crippen molar-refractivity contribution in [1.29, 1.82) is 0 Å². The Morgan fingerprint density at radius 1 is 1.32 bits per heavy atom. The van der Waals surface area contributed by atoms with Gasteiger partial charge in [-0.25, -0.2) is 4.39 Å². The van der Waals surface area contributed by atoms with Gasteiger partial charge in [0.05, 0.1) is 7.11 Å². The summed E-state index contributed by atoms with van der Waals surface area (Å²) in [5, 5.41) is 3.37. The Kier molecular flexibility index (Phi) is 6.39. The van der Waals surface area contributed by atoms with Gasteiger partial charge in [-0.2, -0.15) is 0 Å². The van der Waals surface area contributed by atoms with Gasteiger partial charge in [0.25, 0.3) is 0 Å². The predicted octanol–water partition coefficient (Wildman–Crippen LogP) is 3.25. The molecule has 0 aromatic heterocycles. The largest absolute Gasteiger partial charge is 0.496 e. The highest BCUT2D eigenvalue weighted by Crippen LogP contribution is 2.50. The molecule has 25 heavy (non-hydrogen) atoms. The number of hydrogen-bond acceptors (Lipinski definition) is 3. The number of ether oxygens (including phenoxy) is 1. The number of nitrogens with two attached hydrogens (primary N) is 1. The fourth-order valence-electron chi connectivity index (χ4n) is 3.16. The Labute approximate surface area is 153 Å². The predicted molar refractivity (Wildman–Crippen MR) is 97.7 cm³/mol. The van der Waals surface area contributed by atoms with Gasteiger partial charge in [-0.15, -0.1) is 12.4 Å². The number of carbonyl (C=O) groups excluding carboxylic acids is 1. The molecule has 0 bridgehead atoms. The highest BCUT2D eigenvalue weighted by molar-refractivity contribution is 5.94. The summed E-state index contributed by atoms with van der Waals surface area (Å²) in [6.07, 6.45) is 1.00. The SMILES string of the molecule is COc1ccc(F)cc1C1CC1CNCc1ccccc1C(N)=O.Cl. The van der Waals surface area contributed by atoms with Crippen LogP contribution >= 0.6 is 12.4 Å². The van der Waals surface area contributed by atoms with Crippen LogP contribution in [0.2, 0.25) is 0 Å². The maximum absolute atomic E-state index is 13.5. The van der Waals surface area contributed by atoms with Crippen LogP contribution in [0.4, 0.5) is 4.39 Å². The number of benzene rings is 2. The number of methoxy groups -OCH3 is 1. The molecule has 0 radical (unpaired) electrons. The normalized spacial score (nSPS) is 18.3. The number of amides is 1. The lowest BCUT2D eigenvalue weighted by Crippen LogP contribution is -2.21. The third kappa shape index (κ3) is 4.50. The first kappa shape index (κ1) is 19.2. The lowest BCUT2D eigenvalue weighted by Gasteiger charge is -2.10. The summed E-state index contributed by atoms with van der Waals surface area (Å²) in [5.74, 6) is 0.847. The van der Waals surface area contributed by atoms with E-state index in [0.29, 0.717) is 23.9 Å². The molecule has 2 unspecified atom stereocenters. The molecular weight excluding hydrogens is 343 g/mol. The molecule has 1 fully saturated rings. The molecule has 2 aromatic carbocycles. The van der Waals surface area contributed by atoms with Crippen molar-refractivity contribution in [2.45, 2.75) is 18.9 Å². The highest BCUT2D eigenvalue weighted by Gasteiger charge is 2.39. The van der Waals surface area contributed by atoms with Crippen LogP contribution in [0.15, 0.2) is 42.5 Å². The summed E-state index contributed by atoms with van der Waals surface area (Å²) in [5.41, 5.74) is 7.76. The molecule has 2 aromatic rings. The third-order valence-corrected chi connectivity index (χ3v) is 4.52. The molecule has 0 spiro atoms. The minimum Gasteiger partial charge on any atom is -0.496 e. The fourth-order valence-corrected chi connectivity index (χ4v) is 3.16. The summed E-state index contributed by atoms with van der Waals surface area (Å²) >= 11 is 0. The Hall–Kier alpha value is -2.11. The van der Waals surface area contributed by atoms with E-state index in [2.05, 4.69) is 5.32 Å². The lowest BCUT2D eigenvalue weighted by molar-refractivity contribution is 0.0999. The summed E-state index contributed by atoms with van der Waals surface area (Å²) in [4.78, 5) is 11.4. The van der Waals surface area contributed by atoms with Crippen LogP contribution in [0.1, 0.15) is 33.8 Å².